The van der Waals surface area contributed by atoms with E-state index in [-0.39, 0.29) is 12.0 Å². The molecule has 1 aromatic rings. The molecule has 0 aliphatic heterocycles. The van der Waals surface area contributed by atoms with Gasteiger partial charge in [0.1, 0.15) is 0 Å². The molecule has 0 amide bonds. The number of H-pyrrole nitrogens is 1. The van der Waals surface area contributed by atoms with Crippen molar-refractivity contribution in [3.8, 4) is 0 Å². The summed E-state index contributed by atoms with van der Waals surface area (Å²) in [5.74, 6) is 0. The standard InChI is InChI=1S/C6H4N2O4/c9-3-4-6(8(11)12)5(10)1-2-7-4/h1-3H,(H,7,10). The molecule has 1 aromatic heterocycles. The van der Waals surface area contributed by atoms with Crippen LogP contribution in [-0.2, 0) is 0 Å². The van der Waals surface area contributed by atoms with Crippen LogP contribution in [0.5, 0.6) is 0 Å². The molecule has 0 aliphatic carbocycles. The van der Waals surface area contributed by atoms with Crippen molar-refractivity contribution in [2.24, 2.45) is 0 Å². The monoisotopic (exact) mass is 168 g/mol. The maximum atomic E-state index is 10.8. The molecule has 0 unspecified atom stereocenters. The number of nitrogens with zero attached hydrogens (tertiary/aromatic N) is 1. The van der Waals surface area contributed by atoms with Crippen LogP contribution in [0.2, 0.25) is 0 Å². The van der Waals surface area contributed by atoms with Gasteiger partial charge in [-0.3, -0.25) is 19.7 Å². The van der Waals surface area contributed by atoms with Gasteiger partial charge in [-0.25, -0.2) is 0 Å². The SMILES string of the molecule is O=Cc1[nH]ccc(=O)c1[N+](=O)[O-]. The second-order valence-corrected chi connectivity index (χ2v) is 1.98. The number of carbonyl (C=O) groups excluding carboxylic acids is 1. The molecule has 0 spiro atoms. The van der Waals surface area contributed by atoms with Gasteiger partial charge in [-0.1, -0.05) is 0 Å². The Morgan fingerprint density at radius 2 is 2.25 bits per heavy atom. The molecule has 0 saturated carbocycles. The van der Waals surface area contributed by atoms with E-state index in [0.717, 1.165) is 6.07 Å². The van der Waals surface area contributed by atoms with E-state index in [0.29, 0.717) is 0 Å². The van der Waals surface area contributed by atoms with E-state index in [1.165, 1.54) is 6.20 Å². The summed E-state index contributed by atoms with van der Waals surface area (Å²) in [6.07, 6.45) is 1.42. The van der Waals surface area contributed by atoms with E-state index in [1.807, 2.05) is 0 Å². The zero-order valence-electron chi connectivity index (χ0n) is 5.81. The summed E-state index contributed by atoms with van der Waals surface area (Å²) < 4.78 is 0. The van der Waals surface area contributed by atoms with Crippen LogP contribution < -0.4 is 5.43 Å². The average Bonchev–Trinajstić information content (AvgIpc) is 2.03. The predicted octanol–water partition coefficient (Wildman–Crippen LogP) is 0.0956. The summed E-state index contributed by atoms with van der Waals surface area (Å²) in [5, 5.41) is 10.2. The zero-order chi connectivity index (χ0) is 9.14. The zero-order valence-corrected chi connectivity index (χ0v) is 5.81. The van der Waals surface area contributed by atoms with Crippen molar-refractivity contribution in [1.29, 1.82) is 0 Å². The normalized spacial score (nSPS) is 9.33. The molecule has 1 rings (SSSR count). The summed E-state index contributed by atoms with van der Waals surface area (Å²) in [4.78, 5) is 32.7. The van der Waals surface area contributed by atoms with E-state index in [1.54, 1.807) is 0 Å². The second kappa shape index (κ2) is 2.95. The van der Waals surface area contributed by atoms with Crippen LogP contribution in [-0.4, -0.2) is 16.2 Å². The van der Waals surface area contributed by atoms with Gasteiger partial charge in [-0.15, -0.1) is 0 Å². The lowest BCUT2D eigenvalue weighted by molar-refractivity contribution is -0.386. The Bertz CT molecular complexity index is 381. The Labute approximate surface area is 66.0 Å². The van der Waals surface area contributed by atoms with Crippen LogP contribution in [0.1, 0.15) is 10.5 Å². The first-order valence-electron chi connectivity index (χ1n) is 2.98. The first-order valence-corrected chi connectivity index (χ1v) is 2.98. The Kier molecular flexibility index (Phi) is 2.00. The molecule has 1 heterocycles. The summed E-state index contributed by atoms with van der Waals surface area (Å²) >= 11 is 0. The highest BCUT2D eigenvalue weighted by molar-refractivity contribution is 5.77. The van der Waals surface area contributed by atoms with Gasteiger partial charge < -0.3 is 4.98 Å². The van der Waals surface area contributed by atoms with Crippen molar-refractivity contribution in [2.45, 2.75) is 0 Å². The van der Waals surface area contributed by atoms with Crippen molar-refractivity contribution in [2.75, 3.05) is 0 Å². The van der Waals surface area contributed by atoms with Gasteiger partial charge in [0.2, 0.25) is 0 Å². The van der Waals surface area contributed by atoms with Crippen molar-refractivity contribution < 1.29 is 9.72 Å². The predicted molar refractivity (Wildman–Crippen MR) is 39.1 cm³/mol. The molecule has 6 nitrogen and oxygen atoms in total. The largest absolute Gasteiger partial charge is 0.353 e. The lowest BCUT2D eigenvalue weighted by Crippen LogP contribution is -2.10. The third-order valence-corrected chi connectivity index (χ3v) is 1.26. The molecule has 6 heteroatoms. The van der Waals surface area contributed by atoms with Gasteiger partial charge >= 0.3 is 5.69 Å². The number of rotatable bonds is 2. The number of aromatic amines is 1. The minimum atomic E-state index is -0.886. The molecule has 0 bridgehead atoms. The third-order valence-electron chi connectivity index (χ3n) is 1.26. The minimum absolute atomic E-state index is 0.236. The van der Waals surface area contributed by atoms with E-state index in [4.69, 9.17) is 0 Å². The fourth-order valence-corrected chi connectivity index (χ4v) is 0.765. The van der Waals surface area contributed by atoms with Gasteiger partial charge in [-0.2, -0.15) is 0 Å². The molecule has 0 fully saturated rings. The van der Waals surface area contributed by atoms with Gasteiger partial charge in [0, 0.05) is 12.3 Å². The van der Waals surface area contributed by atoms with Crippen molar-refractivity contribution in [1.82, 2.24) is 4.98 Å². The number of hydrogen-bond acceptors (Lipinski definition) is 4. The van der Waals surface area contributed by atoms with Gasteiger partial charge in [0.15, 0.2) is 12.0 Å². The summed E-state index contributed by atoms with van der Waals surface area (Å²) in [6, 6.07) is 0.991. The first-order chi connectivity index (χ1) is 5.66. The molecule has 62 valence electrons. The molecule has 0 aromatic carbocycles. The smallest absolute Gasteiger partial charge is 0.342 e. The quantitative estimate of drug-likeness (QED) is 0.385. The lowest BCUT2D eigenvalue weighted by atomic mass is 10.3. The molecule has 0 saturated heterocycles. The van der Waals surface area contributed by atoms with Crippen molar-refractivity contribution in [3.63, 3.8) is 0 Å². The summed E-state index contributed by atoms with van der Waals surface area (Å²) in [7, 11) is 0. The molecular formula is C6H4N2O4. The highest BCUT2D eigenvalue weighted by Crippen LogP contribution is 2.05. The molecule has 12 heavy (non-hydrogen) atoms. The second-order valence-electron chi connectivity index (χ2n) is 1.98. The Hall–Kier alpha value is -1.98. The number of carbonyl (C=O) groups is 1. The highest BCUT2D eigenvalue weighted by Gasteiger charge is 2.17. The van der Waals surface area contributed by atoms with Crippen molar-refractivity contribution >= 4 is 12.0 Å². The highest BCUT2D eigenvalue weighted by atomic mass is 16.6. The lowest BCUT2D eigenvalue weighted by Gasteiger charge is -1.91. The molecule has 1 N–H and O–H groups in total. The first kappa shape index (κ1) is 8.12. The van der Waals surface area contributed by atoms with Crippen LogP contribution in [0, 0.1) is 10.1 Å². The Balaban J connectivity index is 3.50. The topological polar surface area (TPSA) is 93.1 Å². The van der Waals surface area contributed by atoms with E-state index >= 15 is 0 Å². The van der Waals surface area contributed by atoms with Crippen LogP contribution in [0.3, 0.4) is 0 Å². The molecular weight excluding hydrogens is 164 g/mol. The average molecular weight is 168 g/mol. The number of pyridine rings is 1. The minimum Gasteiger partial charge on any atom is -0.353 e. The van der Waals surface area contributed by atoms with Crippen LogP contribution >= 0.6 is 0 Å². The number of nitrogens with one attached hydrogen (secondary N) is 1. The number of hydrogen-bond donors (Lipinski definition) is 1. The number of aromatic nitrogens is 1. The molecule has 0 aliphatic rings. The van der Waals surface area contributed by atoms with E-state index < -0.39 is 16.0 Å². The molecule has 0 atom stereocenters. The summed E-state index contributed by atoms with van der Waals surface area (Å²) in [6.45, 7) is 0. The van der Waals surface area contributed by atoms with Gasteiger partial charge in [0.05, 0.1) is 4.92 Å². The van der Waals surface area contributed by atoms with Crippen LogP contribution in [0.4, 0.5) is 5.69 Å². The molecule has 0 radical (unpaired) electrons. The van der Waals surface area contributed by atoms with E-state index in [2.05, 4.69) is 4.98 Å². The maximum absolute atomic E-state index is 10.8. The Morgan fingerprint density at radius 1 is 1.58 bits per heavy atom. The van der Waals surface area contributed by atoms with Crippen LogP contribution in [0.25, 0.3) is 0 Å². The fourth-order valence-electron chi connectivity index (χ4n) is 0.765. The summed E-state index contributed by atoms with van der Waals surface area (Å²) in [5.41, 5.74) is -1.80. The van der Waals surface area contributed by atoms with E-state index in [9.17, 15) is 19.7 Å². The number of nitro groups is 1. The third kappa shape index (κ3) is 1.22. The number of aldehydes is 1. The fraction of sp³-hybridized carbons (Fsp3) is 0. The maximum Gasteiger partial charge on any atom is 0.342 e. The van der Waals surface area contributed by atoms with Crippen LogP contribution in [0.15, 0.2) is 17.1 Å². The van der Waals surface area contributed by atoms with Gasteiger partial charge in [-0.05, 0) is 0 Å². The van der Waals surface area contributed by atoms with Gasteiger partial charge in [0.25, 0.3) is 5.43 Å². The Morgan fingerprint density at radius 3 is 2.67 bits per heavy atom. The van der Waals surface area contributed by atoms with Crippen molar-refractivity contribution in [3.05, 3.63) is 38.3 Å².